The van der Waals surface area contributed by atoms with Crippen LogP contribution in [-0.2, 0) is 4.79 Å². The van der Waals surface area contributed by atoms with Crippen LogP contribution in [0.5, 0.6) is 0 Å². The van der Waals surface area contributed by atoms with E-state index in [9.17, 15) is 4.79 Å². The van der Waals surface area contributed by atoms with Gasteiger partial charge in [-0.05, 0) is 47.4 Å². The summed E-state index contributed by atoms with van der Waals surface area (Å²) in [5.41, 5.74) is 3.41. The Hall–Kier alpha value is -2.33. The van der Waals surface area contributed by atoms with Crippen molar-refractivity contribution in [3.05, 3.63) is 65.1 Å². The van der Waals surface area contributed by atoms with Crippen molar-refractivity contribution >= 4 is 28.9 Å². The highest BCUT2D eigenvalue weighted by molar-refractivity contribution is 8.18. The van der Waals surface area contributed by atoms with Crippen LogP contribution >= 0.6 is 11.8 Å². The number of amidine groups is 1. The molecule has 4 heteroatoms. The highest BCUT2D eigenvalue weighted by Crippen LogP contribution is 2.32. The molecule has 120 valence electrons. The average molecular weight is 334 g/mol. The topological polar surface area (TPSA) is 32.7 Å². The summed E-state index contributed by atoms with van der Waals surface area (Å²) >= 11 is 1.50. The van der Waals surface area contributed by atoms with E-state index < -0.39 is 0 Å². The van der Waals surface area contributed by atoms with Gasteiger partial charge in [0, 0.05) is 13.1 Å². The normalized spacial score (nSPS) is 19.2. The number of hydrogen-bond acceptors (Lipinski definition) is 3. The van der Waals surface area contributed by atoms with Crippen molar-refractivity contribution in [2.24, 2.45) is 4.99 Å². The molecule has 2 aliphatic rings. The van der Waals surface area contributed by atoms with Gasteiger partial charge in [0.1, 0.15) is 0 Å². The Morgan fingerprint density at radius 3 is 2.29 bits per heavy atom. The number of hydrogen-bond donors (Lipinski definition) is 0. The van der Waals surface area contributed by atoms with Crippen molar-refractivity contribution in [1.29, 1.82) is 0 Å². The summed E-state index contributed by atoms with van der Waals surface area (Å²) in [4.78, 5) is 19.3. The highest BCUT2D eigenvalue weighted by atomic mass is 32.2. The zero-order valence-corrected chi connectivity index (χ0v) is 14.1. The van der Waals surface area contributed by atoms with Gasteiger partial charge in [-0.1, -0.05) is 54.6 Å². The van der Waals surface area contributed by atoms with Gasteiger partial charge in [-0.3, -0.25) is 4.79 Å². The molecule has 1 fully saturated rings. The van der Waals surface area contributed by atoms with Gasteiger partial charge < -0.3 is 4.90 Å². The Labute approximate surface area is 146 Å². The first-order valence-corrected chi connectivity index (χ1v) is 9.04. The lowest BCUT2D eigenvalue weighted by Gasteiger charge is -2.14. The number of thioether (sulfide) groups is 1. The van der Waals surface area contributed by atoms with Crippen molar-refractivity contribution < 1.29 is 4.79 Å². The zero-order chi connectivity index (χ0) is 16.4. The Bertz CT molecular complexity index is 803. The zero-order valence-electron chi connectivity index (χ0n) is 13.3. The summed E-state index contributed by atoms with van der Waals surface area (Å²) in [6, 6.07) is 18.6. The number of carbonyl (C=O) groups is 1. The van der Waals surface area contributed by atoms with E-state index in [0.29, 0.717) is 4.91 Å². The molecule has 0 unspecified atom stereocenters. The molecule has 0 spiro atoms. The van der Waals surface area contributed by atoms with E-state index in [-0.39, 0.29) is 5.91 Å². The maximum Gasteiger partial charge on any atom is 0.286 e. The molecule has 0 bridgehead atoms. The average Bonchev–Trinajstić information content (AvgIpc) is 3.27. The van der Waals surface area contributed by atoms with E-state index in [1.54, 1.807) is 0 Å². The number of rotatable bonds is 2. The van der Waals surface area contributed by atoms with Gasteiger partial charge in [0.15, 0.2) is 5.17 Å². The molecular weight excluding hydrogens is 316 g/mol. The third-order valence-electron chi connectivity index (χ3n) is 4.30. The molecule has 0 aromatic heterocycles. The summed E-state index contributed by atoms with van der Waals surface area (Å²) in [5.74, 6) is -0.117. The smallest absolute Gasteiger partial charge is 0.286 e. The number of aliphatic imine (C=N–C) groups is 1. The molecule has 0 radical (unpaired) electrons. The number of carbonyl (C=O) groups excluding carboxylic acids is 1. The molecule has 2 aromatic rings. The largest absolute Gasteiger partial charge is 0.351 e. The van der Waals surface area contributed by atoms with Gasteiger partial charge in [0.2, 0.25) is 0 Å². The molecule has 24 heavy (non-hydrogen) atoms. The van der Waals surface area contributed by atoms with Crippen molar-refractivity contribution in [1.82, 2.24) is 4.90 Å². The number of benzene rings is 2. The van der Waals surface area contributed by atoms with Crippen molar-refractivity contribution in [2.75, 3.05) is 13.1 Å². The van der Waals surface area contributed by atoms with E-state index in [4.69, 9.17) is 0 Å². The first-order chi connectivity index (χ1) is 11.8. The first-order valence-electron chi connectivity index (χ1n) is 8.23. The number of nitrogens with zero attached hydrogens (tertiary/aromatic N) is 2. The van der Waals surface area contributed by atoms with Crippen LogP contribution in [0, 0.1) is 0 Å². The minimum absolute atomic E-state index is 0.117. The molecule has 3 nitrogen and oxygen atoms in total. The standard InChI is InChI=1S/C20H18N2OS/c23-19-18(24-20(21-19)22-12-4-5-13-22)14-15-8-10-17(11-9-15)16-6-2-1-3-7-16/h1-3,6-11,14H,4-5,12-13H2/b18-14+. The molecule has 1 amide bonds. The fraction of sp³-hybridized carbons (Fsp3) is 0.200. The monoisotopic (exact) mass is 334 g/mol. The van der Waals surface area contributed by atoms with E-state index in [1.165, 1.54) is 35.7 Å². The summed E-state index contributed by atoms with van der Waals surface area (Å²) in [6.07, 6.45) is 4.32. The predicted octanol–water partition coefficient (Wildman–Crippen LogP) is 4.42. The predicted molar refractivity (Wildman–Crippen MR) is 101 cm³/mol. The minimum Gasteiger partial charge on any atom is -0.351 e. The van der Waals surface area contributed by atoms with E-state index in [1.807, 2.05) is 24.3 Å². The molecule has 2 aliphatic heterocycles. The van der Waals surface area contributed by atoms with E-state index in [2.05, 4.69) is 46.3 Å². The molecule has 1 saturated heterocycles. The van der Waals surface area contributed by atoms with Gasteiger partial charge >= 0.3 is 0 Å². The molecule has 4 rings (SSSR count). The molecule has 0 aliphatic carbocycles. The Morgan fingerprint density at radius 2 is 1.58 bits per heavy atom. The van der Waals surface area contributed by atoms with Crippen LogP contribution in [0.2, 0.25) is 0 Å². The van der Waals surface area contributed by atoms with Gasteiger partial charge in [-0.2, -0.15) is 4.99 Å². The summed E-state index contributed by atoms with van der Waals surface area (Å²) < 4.78 is 0. The third-order valence-corrected chi connectivity index (χ3v) is 5.35. The second-order valence-corrected chi connectivity index (χ2v) is 7.00. The minimum atomic E-state index is -0.117. The summed E-state index contributed by atoms with van der Waals surface area (Å²) in [5, 5.41) is 0.865. The summed E-state index contributed by atoms with van der Waals surface area (Å²) in [7, 11) is 0. The highest BCUT2D eigenvalue weighted by Gasteiger charge is 2.27. The summed E-state index contributed by atoms with van der Waals surface area (Å²) in [6.45, 7) is 2.02. The van der Waals surface area contributed by atoms with E-state index in [0.717, 1.165) is 23.8 Å². The molecule has 0 atom stereocenters. The SMILES string of the molecule is O=C1N=C(N2CCCC2)S/C1=C/c1ccc(-c2ccccc2)cc1. The van der Waals surface area contributed by atoms with Crippen LogP contribution in [0.15, 0.2) is 64.5 Å². The molecule has 0 N–H and O–H groups in total. The molecule has 2 heterocycles. The first kappa shape index (κ1) is 15.2. The maximum absolute atomic E-state index is 12.1. The molecule has 2 aromatic carbocycles. The fourth-order valence-corrected chi connectivity index (χ4v) is 3.96. The van der Waals surface area contributed by atoms with Crippen LogP contribution in [0.3, 0.4) is 0 Å². The fourth-order valence-electron chi connectivity index (χ4n) is 3.00. The lowest BCUT2D eigenvalue weighted by molar-refractivity contribution is -0.113. The van der Waals surface area contributed by atoms with Crippen molar-refractivity contribution in [2.45, 2.75) is 12.8 Å². The Morgan fingerprint density at radius 1 is 0.917 bits per heavy atom. The molecule has 0 saturated carbocycles. The second-order valence-electron chi connectivity index (χ2n) is 5.99. The van der Waals surface area contributed by atoms with Crippen LogP contribution in [-0.4, -0.2) is 29.1 Å². The Balaban J connectivity index is 1.51. The maximum atomic E-state index is 12.1. The van der Waals surface area contributed by atoms with Crippen LogP contribution in [0.1, 0.15) is 18.4 Å². The quantitative estimate of drug-likeness (QED) is 0.762. The number of amides is 1. The van der Waals surface area contributed by atoms with Crippen molar-refractivity contribution in [3.63, 3.8) is 0 Å². The van der Waals surface area contributed by atoms with Gasteiger partial charge in [0.05, 0.1) is 4.91 Å². The molecular formula is C20H18N2OS. The third kappa shape index (κ3) is 3.15. The van der Waals surface area contributed by atoms with Crippen LogP contribution in [0.4, 0.5) is 0 Å². The lowest BCUT2D eigenvalue weighted by Crippen LogP contribution is -2.23. The Kier molecular flexibility index (Phi) is 4.22. The van der Waals surface area contributed by atoms with Gasteiger partial charge in [0.25, 0.3) is 5.91 Å². The lowest BCUT2D eigenvalue weighted by atomic mass is 10.0. The van der Waals surface area contributed by atoms with Gasteiger partial charge in [-0.15, -0.1) is 0 Å². The second kappa shape index (κ2) is 6.65. The number of likely N-dealkylation sites (tertiary alicyclic amines) is 1. The van der Waals surface area contributed by atoms with Crippen LogP contribution in [0.25, 0.3) is 17.2 Å². The van der Waals surface area contributed by atoms with Gasteiger partial charge in [-0.25, -0.2) is 0 Å². The van der Waals surface area contributed by atoms with Crippen LogP contribution < -0.4 is 0 Å². The van der Waals surface area contributed by atoms with Crippen molar-refractivity contribution in [3.8, 4) is 11.1 Å². The van der Waals surface area contributed by atoms with E-state index >= 15 is 0 Å².